The number of phenolic OH excluding ortho intramolecular Hbond substituents is 2. The highest BCUT2D eigenvalue weighted by Gasteiger charge is 2.12. The molecule has 3 rings (SSSR count). The predicted octanol–water partition coefficient (Wildman–Crippen LogP) is 2.27. The summed E-state index contributed by atoms with van der Waals surface area (Å²) in [7, 11) is 3.10. The normalized spacial score (nSPS) is 10.8. The third-order valence-electron chi connectivity index (χ3n) is 3.94. The number of nitrogens with zero attached hydrogens (tertiary/aromatic N) is 2. The SMILES string of the molecule is COc1ccc(-c2[nH]ncc2C=NNC(=O)c2ccc(O)cc2O)cc1OC. The third kappa shape index (κ3) is 3.88. The Morgan fingerprint density at radius 1 is 1.14 bits per heavy atom. The molecule has 3 aromatic rings. The molecule has 28 heavy (non-hydrogen) atoms. The predicted molar refractivity (Wildman–Crippen MR) is 102 cm³/mol. The Kier molecular flexibility index (Phi) is 5.45. The number of carbonyl (C=O) groups is 1. The molecule has 1 amide bonds. The highest BCUT2D eigenvalue weighted by Crippen LogP contribution is 2.32. The number of amides is 1. The molecule has 0 saturated heterocycles. The van der Waals surface area contributed by atoms with E-state index >= 15 is 0 Å². The van der Waals surface area contributed by atoms with Gasteiger partial charge in [-0.25, -0.2) is 5.43 Å². The molecule has 4 N–H and O–H groups in total. The Morgan fingerprint density at radius 3 is 2.64 bits per heavy atom. The zero-order valence-corrected chi connectivity index (χ0v) is 15.1. The van der Waals surface area contributed by atoms with Crippen LogP contribution in [0.3, 0.4) is 0 Å². The molecule has 144 valence electrons. The number of methoxy groups -OCH3 is 2. The van der Waals surface area contributed by atoms with E-state index in [1.165, 1.54) is 18.3 Å². The summed E-state index contributed by atoms with van der Waals surface area (Å²) in [5.41, 5.74) is 4.40. The maximum Gasteiger partial charge on any atom is 0.275 e. The lowest BCUT2D eigenvalue weighted by molar-refractivity contribution is 0.0952. The molecule has 9 nitrogen and oxygen atoms in total. The van der Waals surface area contributed by atoms with Crippen molar-refractivity contribution in [3.05, 3.63) is 53.7 Å². The first-order chi connectivity index (χ1) is 13.5. The first-order valence-corrected chi connectivity index (χ1v) is 8.14. The van der Waals surface area contributed by atoms with Gasteiger partial charge in [0.2, 0.25) is 0 Å². The number of aromatic amines is 1. The molecule has 1 aromatic heterocycles. The lowest BCUT2D eigenvalue weighted by Gasteiger charge is -2.09. The van der Waals surface area contributed by atoms with Crippen LogP contribution in [0.4, 0.5) is 0 Å². The van der Waals surface area contributed by atoms with E-state index in [9.17, 15) is 15.0 Å². The van der Waals surface area contributed by atoms with Crippen LogP contribution < -0.4 is 14.9 Å². The quantitative estimate of drug-likeness (QED) is 0.382. The van der Waals surface area contributed by atoms with Crippen LogP contribution in [-0.4, -0.2) is 46.8 Å². The monoisotopic (exact) mass is 382 g/mol. The van der Waals surface area contributed by atoms with Crippen molar-refractivity contribution < 1.29 is 24.5 Å². The number of hydrogen-bond acceptors (Lipinski definition) is 7. The summed E-state index contributed by atoms with van der Waals surface area (Å²) in [4.78, 5) is 12.1. The molecule has 9 heteroatoms. The summed E-state index contributed by atoms with van der Waals surface area (Å²) >= 11 is 0. The van der Waals surface area contributed by atoms with E-state index in [4.69, 9.17) is 9.47 Å². The van der Waals surface area contributed by atoms with Crippen molar-refractivity contribution in [3.8, 4) is 34.3 Å². The molecule has 0 bridgehead atoms. The van der Waals surface area contributed by atoms with Gasteiger partial charge in [0.15, 0.2) is 11.5 Å². The van der Waals surface area contributed by atoms with E-state index in [0.29, 0.717) is 22.8 Å². The fourth-order valence-corrected chi connectivity index (χ4v) is 2.55. The number of ether oxygens (including phenoxy) is 2. The van der Waals surface area contributed by atoms with Crippen LogP contribution in [-0.2, 0) is 0 Å². The van der Waals surface area contributed by atoms with Crippen LogP contribution >= 0.6 is 0 Å². The van der Waals surface area contributed by atoms with Crippen LogP contribution in [0.5, 0.6) is 23.0 Å². The van der Waals surface area contributed by atoms with Crippen molar-refractivity contribution in [2.75, 3.05) is 14.2 Å². The average Bonchev–Trinajstić information content (AvgIpc) is 3.15. The smallest absolute Gasteiger partial charge is 0.275 e. The second-order valence-corrected chi connectivity index (χ2v) is 5.67. The summed E-state index contributed by atoms with van der Waals surface area (Å²) in [5, 5.41) is 29.8. The Morgan fingerprint density at radius 2 is 1.93 bits per heavy atom. The largest absolute Gasteiger partial charge is 0.508 e. The number of phenols is 2. The van der Waals surface area contributed by atoms with Gasteiger partial charge in [-0.2, -0.15) is 10.2 Å². The molecule has 0 radical (unpaired) electrons. The van der Waals surface area contributed by atoms with Crippen molar-refractivity contribution in [3.63, 3.8) is 0 Å². The molecule has 1 heterocycles. The van der Waals surface area contributed by atoms with Crippen LogP contribution in [0.2, 0.25) is 0 Å². The zero-order chi connectivity index (χ0) is 20.1. The minimum atomic E-state index is -0.620. The lowest BCUT2D eigenvalue weighted by atomic mass is 10.1. The summed E-state index contributed by atoms with van der Waals surface area (Å²) < 4.78 is 10.5. The van der Waals surface area contributed by atoms with Gasteiger partial charge in [-0.15, -0.1) is 0 Å². The van der Waals surface area contributed by atoms with Gasteiger partial charge in [-0.1, -0.05) is 0 Å². The first kappa shape index (κ1) is 18.8. The molecule has 0 aliphatic heterocycles. The van der Waals surface area contributed by atoms with E-state index in [1.54, 1.807) is 32.5 Å². The molecule has 0 spiro atoms. The maximum absolute atomic E-state index is 12.1. The van der Waals surface area contributed by atoms with Crippen molar-refractivity contribution in [1.29, 1.82) is 0 Å². The molecule has 0 atom stereocenters. The second kappa shape index (κ2) is 8.12. The fraction of sp³-hybridized carbons (Fsp3) is 0.105. The number of hydrogen-bond donors (Lipinski definition) is 4. The molecular formula is C19H18N4O5. The summed E-state index contributed by atoms with van der Waals surface area (Å²) in [6, 6.07) is 9.05. The zero-order valence-electron chi connectivity index (χ0n) is 15.1. The standard InChI is InChI=1S/C19H18N4O5/c1-27-16-6-3-11(7-17(16)28-2)18-12(9-20-22-18)10-21-23-19(26)14-5-4-13(24)8-15(14)25/h3-10,24-25H,1-2H3,(H,20,22)(H,23,26). The molecule has 0 fully saturated rings. The van der Waals surface area contributed by atoms with Gasteiger partial charge in [0.05, 0.1) is 37.9 Å². The number of rotatable bonds is 6. The second-order valence-electron chi connectivity index (χ2n) is 5.67. The van der Waals surface area contributed by atoms with Crippen LogP contribution in [0.25, 0.3) is 11.3 Å². The number of benzene rings is 2. The average molecular weight is 382 g/mol. The highest BCUT2D eigenvalue weighted by atomic mass is 16.5. The van der Waals surface area contributed by atoms with Gasteiger partial charge in [0.25, 0.3) is 5.91 Å². The minimum absolute atomic E-state index is 0.0118. The van der Waals surface area contributed by atoms with E-state index in [1.807, 2.05) is 6.07 Å². The number of nitrogens with one attached hydrogen (secondary N) is 2. The van der Waals surface area contributed by atoms with E-state index < -0.39 is 5.91 Å². The van der Waals surface area contributed by atoms with Crippen LogP contribution in [0.15, 0.2) is 47.7 Å². The molecule has 0 saturated carbocycles. The van der Waals surface area contributed by atoms with Crippen molar-refractivity contribution in [1.82, 2.24) is 15.6 Å². The first-order valence-electron chi connectivity index (χ1n) is 8.14. The van der Waals surface area contributed by atoms with Crippen LogP contribution in [0, 0.1) is 0 Å². The van der Waals surface area contributed by atoms with Gasteiger partial charge in [-0.05, 0) is 30.3 Å². The Balaban J connectivity index is 1.78. The fourth-order valence-electron chi connectivity index (χ4n) is 2.55. The molecule has 2 aromatic carbocycles. The highest BCUT2D eigenvalue weighted by molar-refractivity contribution is 5.98. The third-order valence-corrected chi connectivity index (χ3v) is 3.94. The van der Waals surface area contributed by atoms with Crippen molar-refractivity contribution >= 4 is 12.1 Å². The summed E-state index contributed by atoms with van der Waals surface area (Å²) in [5.74, 6) is 0.0537. The van der Waals surface area contributed by atoms with Crippen molar-refractivity contribution in [2.24, 2.45) is 5.10 Å². The number of H-pyrrole nitrogens is 1. The van der Waals surface area contributed by atoms with Gasteiger partial charge < -0.3 is 19.7 Å². The van der Waals surface area contributed by atoms with Gasteiger partial charge in [0.1, 0.15) is 11.5 Å². The minimum Gasteiger partial charge on any atom is -0.508 e. The molecular weight excluding hydrogens is 364 g/mol. The number of aromatic nitrogens is 2. The van der Waals surface area contributed by atoms with Gasteiger partial charge in [0, 0.05) is 17.2 Å². The molecule has 0 unspecified atom stereocenters. The van der Waals surface area contributed by atoms with E-state index in [-0.39, 0.29) is 17.1 Å². The number of hydrazone groups is 1. The lowest BCUT2D eigenvalue weighted by Crippen LogP contribution is -2.17. The summed E-state index contributed by atoms with van der Waals surface area (Å²) in [6.07, 6.45) is 2.98. The Hall–Kier alpha value is -4.01. The maximum atomic E-state index is 12.1. The number of aromatic hydroxyl groups is 2. The van der Waals surface area contributed by atoms with Gasteiger partial charge in [-0.3, -0.25) is 9.89 Å². The van der Waals surface area contributed by atoms with Crippen molar-refractivity contribution in [2.45, 2.75) is 0 Å². The molecule has 0 aliphatic carbocycles. The Labute approximate surface area is 160 Å². The number of carbonyl (C=O) groups excluding carboxylic acids is 1. The summed E-state index contributed by atoms with van der Waals surface area (Å²) in [6.45, 7) is 0. The van der Waals surface area contributed by atoms with E-state index in [2.05, 4.69) is 20.7 Å². The molecule has 0 aliphatic rings. The van der Waals surface area contributed by atoms with Gasteiger partial charge >= 0.3 is 0 Å². The topological polar surface area (TPSA) is 129 Å². The Bertz CT molecular complexity index is 1030. The van der Waals surface area contributed by atoms with E-state index in [0.717, 1.165) is 11.6 Å². The van der Waals surface area contributed by atoms with Crippen LogP contribution in [0.1, 0.15) is 15.9 Å².